The van der Waals surface area contributed by atoms with Crippen LogP contribution in [0.5, 0.6) is 11.5 Å². The Bertz CT molecular complexity index is 509. The van der Waals surface area contributed by atoms with Crippen molar-refractivity contribution >= 4 is 5.91 Å². The summed E-state index contributed by atoms with van der Waals surface area (Å²) in [6, 6.07) is 5.84. The van der Waals surface area contributed by atoms with E-state index in [1.807, 2.05) is 6.07 Å². The summed E-state index contributed by atoms with van der Waals surface area (Å²) in [7, 11) is 0. The van der Waals surface area contributed by atoms with E-state index in [1.54, 1.807) is 0 Å². The molecule has 1 atom stereocenters. The van der Waals surface area contributed by atoms with E-state index in [9.17, 15) is 15.0 Å². The molecule has 1 aliphatic rings. The van der Waals surface area contributed by atoms with Gasteiger partial charge in [-0.25, -0.2) is 0 Å². The third-order valence-corrected chi connectivity index (χ3v) is 2.72. The zero-order valence-corrected chi connectivity index (χ0v) is 9.54. The van der Waals surface area contributed by atoms with Crippen LogP contribution in [0.25, 0.3) is 0 Å². The first-order chi connectivity index (χ1) is 8.61. The van der Waals surface area contributed by atoms with Crippen molar-refractivity contribution in [3.63, 3.8) is 0 Å². The molecular weight excluding hydrogens is 236 g/mol. The van der Waals surface area contributed by atoms with Gasteiger partial charge in [-0.15, -0.1) is 0 Å². The van der Waals surface area contributed by atoms with E-state index in [0.717, 1.165) is 0 Å². The van der Waals surface area contributed by atoms with Crippen molar-refractivity contribution in [3.05, 3.63) is 23.8 Å². The van der Waals surface area contributed by atoms with E-state index < -0.39 is 6.10 Å². The molecule has 2 N–H and O–H groups in total. The third kappa shape index (κ3) is 2.36. The normalized spacial score (nSPS) is 19.3. The second kappa shape index (κ2) is 4.94. The summed E-state index contributed by atoms with van der Waals surface area (Å²) in [4.78, 5) is 13.6. The molecule has 2 rings (SSSR count). The van der Waals surface area contributed by atoms with Gasteiger partial charge in [-0.2, -0.15) is 5.26 Å². The first-order valence-corrected chi connectivity index (χ1v) is 5.44. The molecule has 0 saturated carbocycles. The molecule has 0 aromatic heterocycles. The molecule has 1 saturated heterocycles. The van der Waals surface area contributed by atoms with E-state index >= 15 is 0 Å². The van der Waals surface area contributed by atoms with Crippen molar-refractivity contribution in [1.82, 2.24) is 4.90 Å². The van der Waals surface area contributed by atoms with Crippen molar-refractivity contribution in [2.45, 2.75) is 6.10 Å². The summed E-state index contributed by atoms with van der Waals surface area (Å²) in [6.07, 6.45) is -0.617. The minimum absolute atomic E-state index is 0.205. The van der Waals surface area contributed by atoms with Gasteiger partial charge < -0.3 is 19.8 Å². The molecule has 1 unspecified atom stereocenters. The lowest BCUT2D eigenvalue weighted by Crippen LogP contribution is -2.45. The molecular formula is C12H12N2O4. The summed E-state index contributed by atoms with van der Waals surface area (Å²) in [6.45, 7) is 0.920. The number of benzene rings is 1. The van der Waals surface area contributed by atoms with Gasteiger partial charge in [-0.05, 0) is 18.2 Å². The van der Waals surface area contributed by atoms with Crippen LogP contribution in [0.4, 0.5) is 0 Å². The minimum atomic E-state index is -0.617. The molecule has 18 heavy (non-hydrogen) atoms. The molecule has 94 valence electrons. The number of amides is 1. The van der Waals surface area contributed by atoms with E-state index in [2.05, 4.69) is 0 Å². The van der Waals surface area contributed by atoms with Crippen molar-refractivity contribution in [2.24, 2.45) is 0 Å². The highest BCUT2D eigenvalue weighted by molar-refractivity contribution is 5.95. The van der Waals surface area contributed by atoms with Gasteiger partial charge in [-0.1, -0.05) is 0 Å². The monoisotopic (exact) mass is 248 g/mol. The molecule has 1 heterocycles. The molecule has 1 fully saturated rings. The van der Waals surface area contributed by atoms with Crippen LogP contribution in [0.15, 0.2) is 18.2 Å². The van der Waals surface area contributed by atoms with E-state index in [1.165, 1.54) is 23.1 Å². The number of rotatable bonds is 1. The Morgan fingerprint density at radius 3 is 2.89 bits per heavy atom. The largest absolute Gasteiger partial charge is 0.504 e. The topological polar surface area (TPSA) is 93.8 Å². The van der Waals surface area contributed by atoms with Gasteiger partial charge in [0.05, 0.1) is 19.2 Å². The highest BCUT2D eigenvalue weighted by Crippen LogP contribution is 2.25. The standard InChI is InChI=1S/C12H12N2O4/c13-6-9-7-14(3-4-18-9)12(17)8-1-2-10(15)11(16)5-8/h1-2,5,9,15-16H,3-4,7H2. The predicted molar refractivity (Wildman–Crippen MR) is 61.0 cm³/mol. The first-order valence-electron chi connectivity index (χ1n) is 5.44. The molecule has 1 amide bonds. The third-order valence-electron chi connectivity index (χ3n) is 2.72. The fourth-order valence-corrected chi connectivity index (χ4v) is 1.75. The molecule has 1 aliphatic heterocycles. The highest BCUT2D eigenvalue weighted by atomic mass is 16.5. The van der Waals surface area contributed by atoms with Gasteiger partial charge in [0.25, 0.3) is 5.91 Å². The van der Waals surface area contributed by atoms with Crippen LogP contribution < -0.4 is 0 Å². The maximum atomic E-state index is 12.1. The Labute approximate surface area is 104 Å². The van der Waals surface area contributed by atoms with Gasteiger partial charge in [-0.3, -0.25) is 4.79 Å². The highest BCUT2D eigenvalue weighted by Gasteiger charge is 2.25. The summed E-state index contributed by atoms with van der Waals surface area (Å²) < 4.78 is 5.14. The number of nitriles is 1. The number of carbonyl (C=O) groups excluding carboxylic acids is 1. The van der Waals surface area contributed by atoms with Gasteiger partial charge in [0, 0.05) is 12.1 Å². The van der Waals surface area contributed by atoms with Gasteiger partial charge in [0.1, 0.15) is 0 Å². The van der Waals surface area contributed by atoms with E-state index in [0.29, 0.717) is 13.2 Å². The Morgan fingerprint density at radius 2 is 2.22 bits per heavy atom. The number of nitrogens with zero attached hydrogens (tertiary/aromatic N) is 2. The quantitative estimate of drug-likeness (QED) is 0.704. The average molecular weight is 248 g/mol. The van der Waals surface area contributed by atoms with Crippen molar-refractivity contribution in [2.75, 3.05) is 19.7 Å². The van der Waals surface area contributed by atoms with Crippen LogP contribution in [-0.2, 0) is 4.74 Å². The summed E-state index contributed by atoms with van der Waals surface area (Å²) in [5, 5.41) is 27.3. The first kappa shape index (κ1) is 12.2. The van der Waals surface area contributed by atoms with Crippen molar-refractivity contribution in [1.29, 1.82) is 5.26 Å². The zero-order valence-electron chi connectivity index (χ0n) is 9.54. The average Bonchev–Trinajstić information content (AvgIpc) is 2.41. The number of carbonyl (C=O) groups is 1. The molecule has 0 bridgehead atoms. The molecule has 0 aliphatic carbocycles. The Kier molecular flexibility index (Phi) is 3.35. The molecule has 1 aromatic rings. The lowest BCUT2D eigenvalue weighted by molar-refractivity contribution is 0.00345. The number of hydrogen-bond acceptors (Lipinski definition) is 5. The molecule has 1 aromatic carbocycles. The SMILES string of the molecule is N#CC1CN(C(=O)c2ccc(O)c(O)c2)CCO1. The number of hydrogen-bond donors (Lipinski definition) is 2. The minimum Gasteiger partial charge on any atom is -0.504 e. The number of ether oxygens (including phenoxy) is 1. The van der Waals surface area contributed by atoms with Gasteiger partial charge in [0.2, 0.25) is 0 Å². The fourth-order valence-electron chi connectivity index (χ4n) is 1.75. The molecule has 0 radical (unpaired) electrons. The van der Waals surface area contributed by atoms with Crippen LogP contribution in [0.2, 0.25) is 0 Å². The van der Waals surface area contributed by atoms with Gasteiger partial charge in [0.15, 0.2) is 17.6 Å². The van der Waals surface area contributed by atoms with Crippen molar-refractivity contribution in [3.8, 4) is 17.6 Å². The molecule has 6 nitrogen and oxygen atoms in total. The second-order valence-corrected chi connectivity index (χ2v) is 3.94. The van der Waals surface area contributed by atoms with Crippen LogP contribution in [0.3, 0.4) is 0 Å². The van der Waals surface area contributed by atoms with Crippen LogP contribution in [0, 0.1) is 11.3 Å². The van der Waals surface area contributed by atoms with Crippen LogP contribution in [0.1, 0.15) is 10.4 Å². The fraction of sp³-hybridized carbons (Fsp3) is 0.333. The number of aromatic hydroxyl groups is 2. The Balaban J connectivity index is 2.15. The van der Waals surface area contributed by atoms with Crippen LogP contribution in [-0.4, -0.2) is 46.8 Å². The second-order valence-electron chi connectivity index (χ2n) is 3.94. The zero-order chi connectivity index (χ0) is 13.1. The van der Waals surface area contributed by atoms with Gasteiger partial charge >= 0.3 is 0 Å². The predicted octanol–water partition coefficient (Wildman–Crippen LogP) is 0.462. The lowest BCUT2D eigenvalue weighted by atomic mass is 10.1. The van der Waals surface area contributed by atoms with Crippen LogP contribution >= 0.6 is 0 Å². The smallest absolute Gasteiger partial charge is 0.254 e. The number of phenols is 2. The Morgan fingerprint density at radius 1 is 1.44 bits per heavy atom. The maximum absolute atomic E-state index is 12.1. The maximum Gasteiger partial charge on any atom is 0.254 e. The molecule has 6 heteroatoms. The number of morpholine rings is 1. The summed E-state index contributed by atoms with van der Waals surface area (Å²) >= 11 is 0. The van der Waals surface area contributed by atoms with E-state index in [4.69, 9.17) is 10.00 Å². The lowest BCUT2D eigenvalue weighted by Gasteiger charge is -2.29. The Hall–Kier alpha value is -2.26. The molecule has 0 spiro atoms. The van der Waals surface area contributed by atoms with Crippen molar-refractivity contribution < 1.29 is 19.7 Å². The van der Waals surface area contributed by atoms with E-state index in [-0.39, 0.29) is 29.5 Å². The number of phenolic OH excluding ortho intramolecular Hbond substituents is 2. The summed E-state index contributed by atoms with van der Waals surface area (Å²) in [5.41, 5.74) is 0.267. The summed E-state index contributed by atoms with van der Waals surface area (Å²) in [5.74, 6) is -0.914.